The van der Waals surface area contributed by atoms with Crippen molar-refractivity contribution in [2.45, 2.75) is 0 Å². The third-order valence-corrected chi connectivity index (χ3v) is 2.67. The Labute approximate surface area is 109 Å². The minimum absolute atomic E-state index is 0.198. The van der Waals surface area contributed by atoms with Crippen LogP contribution in [0.15, 0.2) is 49.0 Å². The summed E-state index contributed by atoms with van der Waals surface area (Å²) >= 11 is 0. The largest absolute Gasteiger partial charge is 0.378 e. The van der Waals surface area contributed by atoms with Crippen LogP contribution >= 0.6 is 0 Å². The van der Waals surface area contributed by atoms with Gasteiger partial charge in [-0.15, -0.1) is 0 Å². The number of benzene rings is 2. The number of halogens is 3. The summed E-state index contributed by atoms with van der Waals surface area (Å²) in [7, 11) is 0. The van der Waals surface area contributed by atoms with E-state index < -0.39 is 17.5 Å². The molecule has 0 aliphatic rings. The van der Waals surface area contributed by atoms with Crippen LogP contribution in [0.25, 0.3) is 5.57 Å². The minimum atomic E-state index is -1.21. The summed E-state index contributed by atoms with van der Waals surface area (Å²) in [6.07, 6.45) is 0. The number of nitrogens with one attached hydrogen (secondary N) is 1. The fraction of sp³-hybridized carbons (Fsp3) is 0.0667. The molecule has 4 heteroatoms. The lowest BCUT2D eigenvalue weighted by Crippen LogP contribution is -2.06. The van der Waals surface area contributed by atoms with Crippen molar-refractivity contribution < 1.29 is 13.2 Å². The van der Waals surface area contributed by atoms with Crippen LogP contribution in [0.4, 0.5) is 18.9 Å². The van der Waals surface area contributed by atoms with Crippen molar-refractivity contribution in [2.24, 2.45) is 0 Å². The van der Waals surface area contributed by atoms with E-state index in [0.29, 0.717) is 11.6 Å². The van der Waals surface area contributed by atoms with Crippen LogP contribution in [0.1, 0.15) is 5.56 Å². The highest BCUT2D eigenvalue weighted by Gasteiger charge is 2.11. The molecule has 0 unspecified atom stereocenters. The second kappa shape index (κ2) is 5.61. The zero-order valence-corrected chi connectivity index (χ0v) is 10.1. The maximum Gasteiger partial charge on any atom is 0.182 e. The summed E-state index contributed by atoms with van der Waals surface area (Å²) in [5, 5.41) is 2.64. The van der Waals surface area contributed by atoms with Gasteiger partial charge in [-0.05, 0) is 11.1 Å². The van der Waals surface area contributed by atoms with Gasteiger partial charge in [0.2, 0.25) is 0 Å². The molecule has 1 nitrogen and oxygen atoms in total. The smallest absolute Gasteiger partial charge is 0.182 e. The van der Waals surface area contributed by atoms with Gasteiger partial charge in [0.1, 0.15) is 5.82 Å². The maximum atomic E-state index is 13.4. The number of anilines is 1. The van der Waals surface area contributed by atoms with Crippen LogP contribution in [0.2, 0.25) is 0 Å². The Morgan fingerprint density at radius 2 is 1.74 bits per heavy atom. The molecular formula is C15H12F3N. The van der Waals surface area contributed by atoms with Crippen molar-refractivity contribution in [3.8, 4) is 0 Å². The van der Waals surface area contributed by atoms with Gasteiger partial charge in [-0.25, -0.2) is 13.2 Å². The van der Waals surface area contributed by atoms with E-state index in [1.54, 1.807) is 0 Å². The Morgan fingerprint density at radius 1 is 1.05 bits per heavy atom. The Kier molecular flexibility index (Phi) is 3.90. The first kappa shape index (κ1) is 13.2. The van der Waals surface area contributed by atoms with Gasteiger partial charge < -0.3 is 5.32 Å². The lowest BCUT2D eigenvalue weighted by Gasteiger charge is -2.10. The lowest BCUT2D eigenvalue weighted by atomic mass is 10.1. The van der Waals surface area contributed by atoms with Gasteiger partial charge in [-0.2, -0.15) is 0 Å². The monoisotopic (exact) mass is 263 g/mol. The topological polar surface area (TPSA) is 12.0 Å². The van der Waals surface area contributed by atoms with E-state index in [4.69, 9.17) is 0 Å². The molecule has 0 saturated carbocycles. The molecule has 0 radical (unpaired) electrons. The molecule has 1 N–H and O–H groups in total. The van der Waals surface area contributed by atoms with E-state index in [1.165, 1.54) is 0 Å². The summed E-state index contributed by atoms with van der Waals surface area (Å²) in [6.45, 7) is 4.04. The van der Waals surface area contributed by atoms with E-state index in [0.717, 1.165) is 11.6 Å². The first-order valence-corrected chi connectivity index (χ1v) is 5.69. The third kappa shape index (κ3) is 3.16. The van der Waals surface area contributed by atoms with Crippen molar-refractivity contribution in [3.05, 3.63) is 72.1 Å². The van der Waals surface area contributed by atoms with Crippen LogP contribution in [-0.2, 0) is 0 Å². The Morgan fingerprint density at radius 3 is 2.42 bits per heavy atom. The minimum Gasteiger partial charge on any atom is -0.378 e. The van der Waals surface area contributed by atoms with Gasteiger partial charge in [-0.3, -0.25) is 0 Å². The van der Waals surface area contributed by atoms with Gasteiger partial charge in [0, 0.05) is 18.7 Å². The Hall–Kier alpha value is -2.23. The molecule has 98 valence electrons. The van der Waals surface area contributed by atoms with Crippen molar-refractivity contribution in [1.29, 1.82) is 0 Å². The van der Waals surface area contributed by atoms with Gasteiger partial charge in [0.05, 0.1) is 5.69 Å². The molecule has 0 bridgehead atoms. The van der Waals surface area contributed by atoms with E-state index in [2.05, 4.69) is 11.9 Å². The molecule has 0 saturated heterocycles. The van der Waals surface area contributed by atoms with Gasteiger partial charge in [0.15, 0.2) is 11.6 Å². The highest BCUT2D eigenvalue weighted by molar-refractivity contribution is 5.67. The summed E-state index contributed by atoms with van der Waals surface area (Å²) in [4.78, 5) is 0. The molecule has 0 heterocycles. The molecule has 0 fully saturated rings. The molecule has 19 heavy (non-hydrogen) atoms. The Bertz CT molecular complexity index is 594. The average Bonchev–Trinajstić information content (AvgIpc) is 2.41. The number of rotatable bonds is 4. The van der Waals surface area contributed by atoms with Crippen molar-refractivity contribution in [2.75, 3.05) is 11.9 Å². The summed E-state index contributed by atoms with van der Waals surface area (Å²) < 4.78 is 39.4. The first-order valence-electron chi connectivity index (χ1n) is 5.69. The first-order chi connectivity index (χ1) is 9.08. The fourth-order valence-electron chi connectivity index (χ4n) is 1.66. The molecule has 2 rings (SSSR count). The lowest BCUT2D eigenvalue weighted by molar-refractivity contribution is 0.498. The molecule has 2 aromatic rings. The van der Waals surface area contributed by atoms with Gasteiger partial charge in [0.25, 0.3) is 0 Å². The second-order valence-electron chi connectivity index (χ2n) is 4.07. The molecule has 0 spiro atoms. The van der Waals surface area contributed by atoms with E-state index in [9.17, 15) is 13.2 Å². The zero-order chi connectivity index (χ0) is 13.8. The van der Waals surface area contributed by atoms with Crippen LogP contribution in [-0.4, -0.2) is 6.54 Å². The normalized spacial score (nSPS) is 10.3. The van der Waals surface area contributed by atoms with Crippen LogP contribution in [0.5, 0.6) is 0 Å². The molecule has 0 aromatic heterocycles. The van der Waals surface area contributed by atoms with Gasteiger partial charge >= 0.3 is 0 Å². The standard InChI is InChI=1S/C15H12F3N/c1-10(11-5-3-2-4-6-11)9-19-14-8-12(16)7-13(17)15(14)18/h2-8,19H,1,9H2. The summed E-state index contributed by atoms with van der Waals surface area (Å²) in [5.41, 5.74) is 1.37. The van der Waals surface area contributed by atoms with Crippen molar-refractivity contribution in [1.82, 2.24) is 0 Å². The third-order valence-electron chi connectivity index (χ3n) is 2.67. The van der Waals surface area contributed by atoms with Gasteiger partial charge in [-0.1, -0.05) is 36.9 Å². The summed E-state index contributed by atoms with van der Waals surface area (Å²) in [5.74, 6) is -3.14. The fourth-order valence-corrected chi connectivity index (χ4v) is 1.66. The van der Waals surface area contributed by atoms with E-state index in [-0.39, 0.29) is 12.2 Å². The zero-order valence-electron chi connectivity index (χ0n) is 10.1. The van der Waals surface area contributed by atoms with Crippen LogP contribution < -0.4 is 5.32 Å². The summed E-state index contributed by atoms with van der Waals surface area (Å²) in [6, 6.07) is 10.7. The van der Waals surface area contributed by atoms with E-state index >= 15 is 0 Å². The predicted molar refractivity (Wildman–Crippen MR) is 70.3 cm³/mol. The number of hydrogen-bond donors (Lipinski definition) is 1. The predicted octanol–water partition coefficient (Wildman–Crippen LogP) is 4.23. The van der Waals surface area contributed by atoms with Crippen LogP contribution in [0, 0.1) is 17.5 Å². The highest BCUT2D eigenvalue weighted by Crippen LogP contribution is 2.20. The highest BCUT2D eigenvalue weighted by atomic mass is 19.2. The van der Waals surface area contributed by atoms with E-state index in [1.807, 2.05) is 30.3 Å². The quantitative estimate of drug-likeness (QED) is 0.814. The molecule has 0 atom stereocenters. The maximum absolute atomic E-state index is 13.4. The van der Waals surface area contributed by atoms with Crippen molar-refractivity contribution in [3.63, 3.8) is 0 Å². The molecule has 0 aliphatic carbocycles. The molecule has 0 amide bonds. The molecular weight excluding hydrogens is 251 g/mol. The van der Waals surface area contributed by atoms with Crippen LogP contribution in [0.3, 0.4) is 0 Å². The molecule has 0 aliphatic heterocycles. The Balaban J connectivity index is 2.09. The SMILES string of the molecule is C=C(CNc1cc(F)cc(F)c1F)c1ccccc1. The molecule has 2 aromatic carbocycles. The second-order valence-corrected chi connectivity index (χ2v) is 4.07. The number of hydrogen-bond acceptors (Lipinski definition) is 1. The van der Waals surface area contributed by atoms with Crippen molar-refractivity contribution >= 4 is 11.3 Å². The average molecular weight is 263 g/mol.